The van der Waals surface area contributed by atoms with Gasteiger partial charge in [-0.2, -0.15) is 0 Å². The molecule has 0 bridgehead atoms. The van der Waals surface area contributed by atoms with Gasteiger partial charge in [-0.3, -0.25) is 9.69 Å². The zero-order valence-electron chi connectivity index (χ0n) is 9.05. The molecule has 1 radical (unpaired) electrons. The maximum Gasteiger partial charge on any atom is 2.00 e. The molecular weight excluding hydrogens is 275 g/mol. The molecule has 17 heavy (non-hydrogen) atoms. The van der Waals surface area contributed by atoms with Crippen molar-refractivity contribution in [3.63, 3.8) is 0 Å². The van der Waals surface area contributed by atoms with Gasteiger partial charge in [-0.15, -0.1) is 0 Å². The Morgan fingerprint density at radius 2 is 1.53 bits per heavy atom. The van der Waals surface area contributed by atoms with Crippen LogP contribution in [0.15, 0.2) is 0 Å². The van der Waals surface area contributed by atoms with Gasteiger partial charge in [-0.05, 0) is 6.42 Å². The second-order valence-electron chi connectivity index (χ2n) is 3.09. The number of hydrogen-bond acceptors (Lipinski definition) is 6. The number of amides is 1. The minimum atomic E-state index is -1.45. The molecule has 1 amide bonds. The molecule has 7 nitrogen and oxygen atoms in total. The number of nitrogens with one attached hydrogen (secondary N) is 1. The molecule has 0 heterocycles. The smallest absolute Gasteiger partial charge is 0.549 e. The Bertz CT molecular complexity index is 256. The second-order valence-corrected chi connectivity index (χ2v) is 3.09. The number of carbonyl (C=O) groups is 3. The number of carbonyl (C=O) groups excluding carboxylic acids is 3. The van der Waals surface area contributed by atoms with Crippen LogP contribution < -0.4 is 15.5 Å². The summed E-state index contributed by atoms with van der Waals surface area (Å²) in [4.78, 5) is 32.6. The van der Waals surface area contributed by atoms with E-state index in [2.05, 4.69) is 12.2 Å². The van der Waals surface area contributed by atoms with Crippen molar-refractivity contribution in [3.8, 4) is 0 Å². The fourth-order valence-corrected chi connectivity index (χ4v) is 1.02. The van der Waals surface area contributed by atoms with Crippen molar-refractivity contribution in [1.29, 1.82) is 0 Å². The number of hydrogen-bond donors (Lipinski definition) is 1. The Morgan fingerprint density at radius 1 is 1.06 bits per heavy atom. The van der Waals surface area contributed by atoms with E-state index in [0.717, 1.165) is 4.90 Å². The van der Waals surface area contributed by atoms with Crippen LogP contribution in [0.4, 0.5) is 0 Å². The maximum absolute atomic E-state index is 11.2. The molecule has 0 saturated carbocycles. The molecule has 0 unspecified atom stereocenters. The van der Waals surface area contributed by atoms with Crippen molar-refractivity contribution in [2.45, 2.75) is 6.42 Å². The first-order valence-electron chi connectivity index (χ1n) is 4.63. The van der Waals surface area contributed by atoms with E-state index in [1.54, 1.807) is 0 Å². The van der Waals surface area contributed by atoms with Crippen molar-refractivity contribution >= 4 is 17.8 Å². The van der Waals surface area contributed by atoms with E-state index in [1.165, 1.54) is 0 Å². The number of carboxylic acid groups (broad SMARTS) is 2. The molecule has 99 valence electrons. The van der Waals surface area contributed by atoms with Gasteiger partial charge >= 0.3 is 16.5 Å². The van der Waals surface area contributed by atoms with Crippen LogP contribution in [-0.2, 0) is 30.9 Å². The SMILES string of the molecule is [CH2]CCNC(=O)CN(CC(=O)[O-])CC(=O)[O-].[Ni+2]. The van der Waals surface area contributed by atoms with Crippen molar-refractivity contribution in [1.82, 2.24) is 10.2 Å². The summed E-state index contributed by atoms with van der Waals surface area (Å²) in [6, 6.07) is 0. The molecule has 0 aliphatic carbocycles. The Balaban J connectivity index is 0. The van der Waals surface area contributed by atoms with Crippen LogP contribution in [0.2, 0.25) is 0 Å². The summed E-state index contributed by atoms with van der Waals surface area (Å²) in [5, 5.41) is 23.0. The van der Waals surface area contributed by atoms with Crippen LogP contribution >= 0.6 is 0 Å². The number of rotatable bonds is 8. The molecule has 0 aromatic rings. The summed E-state index contributed by atoms with van der Waals surface area (Å²) in [6.07, 6.45) is 0.493. The first kappa shape index (κ1) is 18.2. The Morgan fingerprint density at radius 3 is 1.88 bits per heavy atom. The normalized spacial score (nSPS) is 9.53. The van der Waals surface area contributed by atoms with E-state index < -0.39 is 30.9 Å². The average molecular weight is 288 g/mol. The third kappa shape index (κ3) is 11.1. The molecule has 0 aromatic heterocycles. The van der Waals surface area contributed by atoms with Crippen molar-refractivity contribution in [2.24, 2.45) is 0 Å². The monoisotopic (exact) mass is 287 g/mol. The van der Waals surface area contributed by atoms with Gasteiger partial charge in [0.25, 0.3) is 0 Å². The summed E-state index contributed by atoms with van der Waals surface area (Å²) >= 11 is 0. The molecular formula is C9H13N2NiO5. The molecule has 0 aromatic carbocycles. The van der Waals surface area contributed by atoms with Crippen LogP contribution in [-0.4, -0.2) is 48.9 Å². The first-order chi connectivity index (χ1) is 7.45. The molecule has 0 aliphatic heterocycles. The van der Waals surface area contributed by atoms with Gasteiger partial charge in [0.2, 0.25) is 5.91 Å². The third-order valence-electron chi connectivity index (χ3n) is 1.57. The summed E-state index contributed by atoms with van der Waals surface area (Å²) < 4.78 is 0. The van der Waals surface area contributed by atoms with Crippen LogP contribution in [0.25, 0.3) is 0 Å². The average Bonchev–Trinajstić information content (AvgIpc) is 2.12. The van der Waals surface area contributed by atoms with Gasteiger partial charge < -0.3 is 25.1 Å². The van der Waals surface area contributed by atoms with E-state index in [9.17, 15) is 24.6 Å². The molecule has 8 heteroatoms. The van der Waals surface area contributed by atoms with Crippen molar-refractivity contribution < 1.29 is 41.1 Å². The van der Waals surface area contributed by atoms with Crippen LogP contribution in [0.3, 0.4) is 0 Å². The molecule has 0 fully saturated rings. The quantitative estimate of drug-likeness (QED) is 0.457. The molecule has 1 N–H and O–H groups in total. The standard InChI is InChI=1S/C9H15N2O5.Ni/c1-2-3-10-7(12)4-11(5-8(13)14)6-9(15)16;/h1-6H2,(H,10,12)(H,13,14)(H,15,16);/q;+2/p-2. The van der Waals surface area contributed by atoms with E-state index in [0.29, 0.717) is 13.0 Å². The topological polar surface area (TPSA) is 113 Å². The van der Waals surface area contributed by atoms with E-state index in [4.69, 9.17) is 0 Å². The third-order valence-corrected chi connectivity index (χ3v) is 1.57. The van der Waals surface area contributed by atoms with Crippen LogP contribution in [0.1, 0.15) is 6.42 Å². The molecule has 0 spiro atoms. The molecule has 0 rings (SSSR count). The van der Waals surface area contributed by atoms with Crippen LogP contribution in [0, 0.1) is 6.92 Å². The Kier molecular flexibility index (Phi) is 10.8. The van der Waals surface area contributed by atoms with Crippen molar-refractivity contribution in [3.05, 3.63) is 6.92 Å². The molecule has 0 aliphatic rings. The summed E-state index contributed by atoms with van der Waals surface area (Å²) in [5.41, 5.74) is 0. The molecule has 0 atom stereocenters. The number of aliphatic carboxylic acids is 2. The summed E-state index contributed by atoms with van der Waals surface area (Å²) in [7, 11) is 0. The van der Waals surface area contributed by atoms with E-state index in [-0.39, 0.29) is 23.0 Å². The van der Waals surface area contributed by atoms with Gasteiger partial charge in [0.05, 0.1) is 18.5 Å². The fourth-order valence-electron chi connectivity index (χ4n) is 1.02. The second kappa shape index (κ2) is 10.0. The maximum atomic E-state index is 11.2. The Labute approximate surface area is 109 Å². The van der Waals surface area contributed by atoms with Gasteiger partial charge in [-0.25, -0.2) is 0 Å². The van der Waals surface area contributed by atoms with Crippen LogP contribution in [0.5, 0.6) is 0 Å². The summed E-state index contributed by atoms with van der Waals surface area (Å²) in [5.74, 6) is -3.37. The summed E-state index contributed by atoms with van der Waals surface area (Å²) in [6.45, 7) is 2.25. The number of nitrogens with zero attached hydrogens (tertiary/aromatic N) is 1. The Hall–Kier alpha value is -1.14. The minimum absolute atomic E-state index is 0. The number of carboxylic acids is 2. The van der Waals surface area contributed by atoms with Gasteiger partial charge in [-0.1, -0.05) is 6.92 Å². The predicted octanol–water partition coefficient (Wildman–Crippen LogP) is -3.87. The molecule has 0 saturated heterocycles. The first-order valence-corrected chi connectivity index (χ1v) is 4.63. The minimum Gasteiger partial charge on any atom is -0.549 e. The predicted molar refractivity (Wildman–Crippen MR) is 49.4 cm³/mol. The van der Waals surface area contributed by atoms with E-state index >= 15 is 0 Å². The zero-order chi connectivity index (χ0) is 12.6. The van der Waals surface area contributed by atoms with Crippen molar-refractivity contribution in [2.75, 3.05) is 26.2 Å². The van der Waals surface area contributed by atoms with Gasteiger partial charge in [0, 0.05) is 19.6 Å². The van der Waals surface area contributed by atoms with E-state index in [1.807, 2.05) is 0 Å². The zero-order valence-corrected chi connectivity index (χ0v) is 10.0. The van der Waals surface area contributed by atoms with Gasteiger partial charge in [0.15, 0.2) is 0 Å². The fraction of sp³-hybridized carbons (Fsp3) is 0.556. The van der Waals surface area contributed by atoms with Gasteiger partial charge in [0.1, 0.15) is 0 Å². The largest absolute Gasteiger partial charge is 2.00 e.